The lowest BCUT2D eigenvalue weighted by Crippen LogP contribution is -2.30. The fourth-order valence-corrected chi connectivity index (χ4v) is 4.27. The van der Waals surface area contributed by atoms with Gasteiger partial charge in [0.25, 0.3) is 0 Å². The molecule has 1 fully saturated rings. The van der Waals surface area contributed by atoms with E-state index in [0.717, 1.165) is 42.4 Å². The molecule has 1 amide bonds. The van der Waals surface area contributed by atoms with E-state index in [-0.39, 0.29) is 11.2 Å². The van der Waals surface area contributed by atoms with E-state index in [0.29, 0.717) is 6.04 Å². The van der Waals surface area contributed by atoms with Crippen molar-refractivity contribution in [2.24, 2.45) is 0 Å². The van der Waals surface area contributed by atoms with Crippen LogP contribution in [0.5, 0.6) is 0 Å². The fraction of sp³-hybridized carbons (Fsp3) is 0.318. The van der Waals surface area contributed by atoms with Crippen LogP contribution < -0.4 is 5.32 Å². The zero-order valence-corrected chi connectivity index (χ0v) is 16.7. The van der Waals surface area contributed by atoms with Gasteiger partial charge in [-0.3, -0.25) is 4.79 Å². The summed E-state index contributed by atoms with van der Waals surface area (Å²) in [6.07, 6.45) is 2.88. The Hall–Kier alpha value is -2.60. The molecule has 0 saturated heterocycles. The molecule has 6 heteroatoms. The first-order chi connectivity index (χ1) is 13.7. The van der Waals surface area contributed by atoms with Crippen LogP contribution in [0, 0.1) is 0 Å². The first-order valence-corrected chi connectivity index (χ1v) is 10.6. The Morgan fingerprint density at radius 1 is 1.11 bits per heavy atom. The smallest absolute Gasteiger partial charge is 0.238 e. The van der Waals surface area contributed by atoms with Gasteiger partial charge in [-0.25, -0.2) is 0 Å². The Labute approximate surface area is 169 Å². The molecule has 1 atom stereocenters. The topological polar surface area (TPSA) is 59.8 Å². The Bertz CT molecular complexity index is 922. The molecule has 1 N–H and O–H groups in total. The number of hydrogen-bond donors (Lipinski definition) is 1. The second kappa shape index (κ2) is 8.61. The number of benzene rings is 2. The molecule has 0 spiro atoms. The van der Waals surface area contributed by atoms with E-state index in [1.54, 1.807) is 0 Å². The van der Waals surface area contributed by atoms with Gasteiger partial charge in [-0.2, -0.15) is 0 Å². The van der Waals surface area contributed by atoms with Gasteiger partial charge < -0.3 is 9.88 Å². The molecular weight excluding hydrogens is 368 g/mol. The SMILES string of the molecule is CCn1c(Cc2ccccc2)nnc1SC(C(=O)NC1CC1)c1ccccc1. The van der Waals surface area contributed by atoms with Crippen molar-refractivity contribution in [3.63, 3.8) is 0 Å². The molecular formula is C22H24N4OS. The van der Waals surface area contributed by atoms with Crippen LogP contribution in [-0.4, -0.2) is 26.7 Å². The molecule has 5 nitrogen and oxygen atoms in total. The molecule has 1 aliphatic rings. The highest BCUT2D eigenvalue weighted by Crippen LogP contribution is 2.36. The van der Waals surface area contributed by atoms with Gasteiger partial charge in [0.2, 0.25) is 5.91 Å². The molecule has 0 bridgehead atoms. The Balaban J connectivity index is 1.58. The first-order valence-electron chi connectivity index (χ1n) is 9.72. The van der Waals surface area contributed by atoms with E-state index >= 15 is 0 Å². The third kappa shape index (κ3) is 4.44. The Morgan fingerprint density at radius 3 is 2.43 bits per heavy atom. The average Bonchev–Trinajstić information content (AvgIpc) is 3.46. The van der Waals surface area contributed by atoms with Crippen LogP contribution in [-0.2, 0) is 17.8 Å². The molecule has 3 aromatic rings. The van der Waals surface area contributed by atoms with Crippen molar-refractivity contribution >= 4 is 17.7 Å². The maximum absolute atomic E-state index is 12.9. The number of carbonyl (C=O) groups excluding carboxylic acids is 1. The van der Waals surface area contributed by atoms with Gasteiger partial charge in [0.05, 0.1) is 0 Å². The lowest BCUT2D eigenvalue weighted by atomic mass is 10.1. The molecule has 1 heterocycles. The molecule has 4 rings (SSSR count). The van der Waals surface area contributed by atoms with Gasteiger partial charge in [0, 0.05) is 19.0 Å². The van der Waals surface area contributed by atoms with Crippen molar-refractivity contribution in [1.29, 1.82) is 0 Å². The summed E-state index contributed by atoms with van der Waals surface area (Å²) in [4.78, 5) is 12.9. The predicted octanol–water partition coefficient (Wildman–Crippen LogP) is 4.00. The molecule has 144 valence electrons. The van der Waals surface area contributed by atoms with Gasteiger partial charge >= 0.3 is 0 Å². The van der Waals surface area contributed by atoms with Crippen molar-refractivity contribution in [2.75, 3.05) is 0 Å². The minimum atomic E-state index is -0.333. The highest BCUT2D eigenvalue weighted by Gasteiger charge is 2.30. The van der Waals surface area contributed by atoms with Crippen molar-refractivity contribution in [3.05, 3.63) is 77.6 Å². The first kappa shape index (κ1) is 18.7. The van der Waals surface area contributed by atoms with E-state index < -0.39 is 0 Å². The van der Waals surface area contributed by atoms with Crippen molar-refractivity contribution < 1.29 is 4.79 Å². The van der Waals surface area contributed by atoms with E-state index in [2.05, 4.69) is 39.1 Å². The molecule has 2 aromatic carbocycles. The summed E-state index contributed by atoms with van der Waals surface area (Å²) in [6, 6.07) is 20.5. The number of amides is 1. The number of rotatable bonds is 8. The van der Waals surface area contributed by atoms with Gasteiger partial charge in [-0.15, -0.1) is 10.2 Å². The highest BCUT2D eigenvalue weighted by atomic mass is 32.2. The maximum Gasteiger partial charge on any atom is 0.238 e. The molecule has 0 aliphatic heterocycles. The minimum Gasteiger partial charge on any atom is -0.352 e. The monoisotopic (exact) mass is 392 g/mol. The molecule has 1 aromatic heterocycles. The minimum absolute atomic E-state index is 0.0500. The van der Waals surface area contributed by atoms with Crippen LogP contribution >= 0.6 is 11.8 Å². The molecule has 1 unspecified atom stereocenters. The Kier molecular flexibility index (Phi) is 5.76. The van der Waals surface area contributed by atoms with Gasteiger partial charge in [0.15, 0.2) is 5.16 Å². The van der Waals surface area contributed by atoms with E-state index in [1.165, 1.54) is 17.3 Å². The lowest BCUT2D eigenvalue weighted by Gasteiger charge is -2.17. The number of nitrogens with zero attached hydrogens (tertiary/aromatic N) is 3. The normalized spacial score (nSPS) is 14.6. The average molecular weight is 393 g/mol. The molecule has 28 heavy (non-hydrogen) atoms. The fourth-order valence-electron chi connectivity index (χ4n) is 3.14. The van der Waals surface area contributed by atoms with E-state index in [4.69, 9.17) is 0 Å². The summed E-state index contributed by atoms with van der Waals surface area (Å²) in [5.41, 5.74) is 2.19. The van der Waals surface area contributed by atoms with E-state index in [1.807, 2.05) is 48.5 Å². The summed E-state index contributed by atoms with van der Waals surface area (Å²) in [5, 5.41) is 12.4. The number of aromatic nitrogens is 3. The summed E-state index contributed by atoms with van der Waals surface area (Å²) < 4.78 is 2.11. The highest BCUT2D eigenvalue weighted by molar-refractivity contribution is 8.00. The molecule has 0 radical (unpaired) electrons. The maximum atomic E-state index is 12.9. The van der Waals surface area contributed by atoms with Crippen molar-refractivity contribution in [1.82, 2.24) is 20.1 Å². The van der Waals surface area contributed by atoms with Crippen LogP contribution in [0.2, 0.25) is 0 Å². The van der Waals surface area contributed by atoms with Crippen LogP contribution in [0.25, 0.3) is 0 Å². The Morgan fingerprint density at radius 2 is 1.79 bits per heavy atom. The quantitative estimate of drug-likeness (QED) is 0.589. The van der Waals surface area contributed by atoms with Crippen LogP contribution in [0.3, 0.4) is 0 Å². The third-order valence-corrected chi connectivity index (χ3v) is 6.04. The lowest BCUT2D eigenvalue weighted by molar-refractivity contribution is -0.120. The molecule has 1 saturated carbocycles. The number of carbonyl (C=O) groups is 1. The third-order valence-electron chi connectivity index (χ3n) is 4.80. The summed E-state index contributed by atoms with van der Waals surface area (Å²) >= 11 is 1.48. The summed E-state index contributed by atoms with van der Waals surface area (Å²) in [6.45, 7) is 2.85. The number of thioether (sulfide) groups is 1. The van der Waals surface area contributed by atoms with Gasteiger partial charge in [0.1, 0.15) is 11.1 Å². The predicted molar refractivity (Wildman–Crippen MR) is 111 cm³/mol. The van der Waals surface area contributed by atoms with Crippen LogP contribution in [0.1, 0.15) is 42.0 Å². The second-order valence-electron chi connectivity index (χ2n) is 7.00. The summed E-state index contributed by atoms with van der Waals surface area (Å²) in [7, 11) is 0. The standard InChI is InChI=1S/C22H24N4OS/c1-2-26-19(15-16-9-5-3-6-10-16)24-25-22(26)28-20(17-11-7-4-8-12-17)21(27)23-18-13-14-18/h3-12,18,20H,2,13-15H2,1H3,(H,23,27). The van der Waals surface area contributed by atoms with Crippen LogP contribution in [0.4, 0.5) is 0 Å². The van der Waals surface area contributed by atoms with Crippen LogP contribution in [0.15, 0.2) is 65.8 Å². The molecule has 1 aliphatic carbocycles. The van der Waals surface area contributed by atoms with Crippen molar-refractivity contribution in [3.8, 4) is 0 Å². The van der Waals surface area contributed by atoms with Gasteiger partial charge in [-0.05, 0) is 30.9 Å². The van der Waals surface area contributed by atoms with Crippen molar-refractivity contribution in [2.45, 2.75) is 49.2 Å². The van der Waals surface area contributed by atoms with Gasteiger partial charge in [-0.1, -0.05) is 72.4 Å². The summed E-state index contributed by atoms with van der Waals surface area (Å²) in [5.74, 6) is 0.972. The largest absolute Gasteiger partial charge is 0.352 e. The zero-order chi connectivity index (χ0) is 19.3. The second-order valence-corrected chi connectivity index (χ2v) is 8.07. The number of hydrogen-bond acceptors (Lipinski definition) is 4. The number of nitrogens with one attached hydrogen (secondary N) is 1. The van der Waals surface area contributed by atoms with E-state index in [9.17, 15) is 4.79 Å². The zero-order valence-electron chi connectivity index (χ0n) is 15.9.